The average Bonchev–Trinajstić information content (AvgIpc) is 2.21. The van der Waals surface area contributed by atoms with Crippen molar-refractivity contribution >= 4 is 35.1 Å². The van der Waals surface area contributed by atoms with Crippen molar-refractivity contribution in [2.45, 2.75) is 11.8 Å². The summed E-state index contributed by atoms with van der Waals surface area (Å²) in [5, 5.41) is 2.92. The lowest BCUT2D eigenvalue weighted by Gasteiger charge is -2.09. The van der Waals surface area contributed by atoms with Crippen LogP contribution in [0.25, 0.3) is 0 Å². The van der Waals surface area contributed by atoms with E-state index in [9.17, 15) is 4.79 Å². The molecule has 0 saturated heterocycles. The normalized spacial score (nSPS) is 10.0. The van der Waals surface area contributed by atoms with Crippen molar-refractivity contribution in [1.29, 1.82) is 0 Å². The van der Waals surface area contributed by atoms with E-state index in [1.165, 1.54) is 11.8 Å². The van der Waals surface area contributed by atoms with Crippen LogP contribution in [0.15, 0.2) is 29.2 Å². The van der Waals surface area contributed by atoms with Gasteiger partial charge in [-0.05, 0) is 24.1 Å². The lowest BCUT2D eigenvalue weighted by atomic mass is 10.3. The van der Waals surface area contributed by atoms with Gasteiger partial charge in [-0.1, -0.05) is 19.1 Å². The molecule has 4 heteroatoms. The van der Waals surface area contributed by atoms with E-state index in [0.717, 1.165) is 16.3 Å². The molecule has 0 aliphatic rings. The molecule has 1 aromatic carbocycles. The third-order valence-corrected chi connectivity index (χ3v) is 3.24. The Bertz CT molecular complexity index is 328. The molecule has 2 nitrogen and oxygen atoms in total. The molecule has 0 heterocycles. The van der Waals surface area contributed by atoms with E-state index < -0.39 is 0 Å². The van der Waals surface area contributed by atoms with Crippen LogP contribution in [-0.2, 0) is 4.79 Å². The van der Waals surface area contributed by atoms with E-state index in [2.05, 4.69) is 12.2 Å². The molecule has 0 bridgehead atoms. The Hall–Kier alpha value is -0.610. The lowest BCUT2D eigenvalue weighted by Crippen LogP contribution is -2.14. The summed E-state index contributed by atoms with van der Waals surface area (Å²) in [5.74, 6) is 1.58. The molecule has 0 aromatic heterocycles. The zero-order valence-corrected chi connectivity index (χ0v) is 10.6. The van der Waals surface area contributed by atoms with Gasteiger partial charge < -0.3 is 5.32 Å². The van der Waals surface area contributed by atoms with E-state index >= 15 is 0 Å². The maximum absolute atomic E-state index is 11.4. The van der Waals surface area contributed by atoms with Crippen molar-refractivity contribution in [1.82, 2.24) is 0 Å². The molecule has 1 N–H and O–H groups in total. The smallest absolute Gasteiger partial charge is 0.234 e. The average molecular weight is 241 g/mol. The highest BCUT2D eigenvalue weighted by Gasteiger charge is 2.05. The topological polar surface area (TPSA) is 29.1 Å². The highest BCUT2D eigenvalue weighted by Crippen LogP contribution is 2.26. The minimum atomic E-state index is 0.0617. The van der Waals surface area contributed by atoms with E-state index in [4.69, 9.17) is 0 Å². The van der Waals surface area contributed by atoms with Crippen molar-refractivity contribution in [2.24, 2.45) is 0 Å². The molecule has 1 rings (SSSR count). The predicted octanol–water partition coefficient (Wildman–Crippen LogP) is 3.10. The van der Waals surface area contributed by atoms with Crippen LogP contribution in [0.1, 0.15) is 6.92 Å². The lowest BCUT2D eigenvalue weighted by molar-refractivity contribution is -0.113. The van der Waals surface area contributed by atoms with E-state index in [-0.39, 0.29) is 5.91 Å². The molecule has 0 aliphatic carbocycles. The van der Waals surface area contributed by atoms with E-state index in [1.54, 1.807) is 11.8 Å². The second-order valence-electron chi connectivity index (χ2n) is 2.91. The Balaban J connectivity index is 2.70. The van der Waals surface area contributed by atoms with Gasteiger partial charge in [0, 0.05) is 4.90 Å². The molecule has 0 unspecified atom stereocenters. The Kier molecular flexibility index (Phi) is 5.65. The number of thioether (sulfide) groups is 2. The first-order valence-corrected chi connectivity index (χ1v) is 7.16. The van der Waals surface area contributed by atoms with Gasteiger partial charge in [0.25, 0.3) is 0 Å². The quantitative estimate of drug-likeness (QED) is 0.803. The predicted molar refractivity (Wildman–Crippen MR) is 69.9 cm³/mol. The summed E-state index contributed by atoms with van der Waals surface area (Å²) in [7, 11) is 0. The van der Waals surface area contributed by atoms with Gasteiger partial charge >= 0.3 is 0 Å². The summed E-state index contributed by atoms with van der Waals surface area (Å²) in [6.07, 6.45) is 1.92. The highest BCUT2D eigenvalue weighted by atomic mass is 32.2. The number of anilines is 1. The van der Waals surface area contributed by atoms with Crippen molar-refractivity contribution in [2.75, 3.05) is 23.1 Å². The number of nitrogens with one attached hydrogen (secondary N) is 1. The zero-order chi connectivity index (χ0) is 11.1. The first kappa shape index (κ1) is 12.5. The van der Waals surface area contributed by atoms with Crippen LogP contribution in [0.5, 0.6) is 0 Å². The van der Waals surface area contributed by atoms with Crippen molar-refractivity contribution in [3.8, 4) is 0 Å². The Morgan fingerprint density at radius 1 is 1.40 bits per heavy atom. The number of hydrogen-bond acceptors (Lipinski definition) is 3. The maximum Gasteiger partial charge on any atom is 0.234 e. The molecule has 0 fully saturated rings. The van der Waals surface area contributed by atoms with Gasteiger partial charge in [0.2, 0.25) is 5.91 Å². The molecular formula is C11H15NOS2. The molecule has 0 atom stereocenters. The number of carbonyl (C=O) groups excluding carboxylic acids is 1. The van der Waals surface area contributed by atoms with Gasteiger partial charge in [-0.2, -0.15) is 11.8 Å². The molecular weight excluding hydrogens is 226 g/mol. The van der Waals surface area contributed by atoms with Crippen LogP contribution in [0.4, 0.5) is 5.69 Å². The van der Waals surface area contributed by atoms with Crippen LogP contribution < -0.4 is 5.32 Å². The Labute approximate surface area is 99.2 Å². The first-order valence-electron chi connectivity index (χ1n) is 4.78. The maximum atomic E-state index is 11.4. The number of amides is 1. The highest BCUT2D eigenvalue weighted by molar-refractivity contribution is 7.99. The van der Waals surface area contributed by atoms with Gasteiger partial charge in [-0.15, -0.1) is 11.8 Å². The van der Waals surface area contributed by atoms with Crippen LogP contribution in [0, 0.1) is 0 Å². The zero-order valence-electron chi connectivity index (χ0n) is 8.95. The number of rotatable bonds is 5. The van der Waals surface area contributed by atoms with Crippen molar-refractivity contribution in [3.05, 3.63) is 24.3 Å². The fourth-order valence-electron chi connectivity index (χ4n) is 1.17. The fourth-order valence-corrected chi connectivity index (χ4v) is 2.26. The minimum Gasteiger partial charge on any atom is -0.324 e. The van der Waals surface area contributed by atoms with Gasteiger partial charge in [0.1, 0.15) is 0 Å². The monoisotopic (exact) mass is 241 g/mol. The van der Waals surface area contributed by atoms with Crippen LogP contribution in [-0.4, -0.2) is 23.7 Å². The molecule has 1 aromatic rings. The molecule has 82 valence electrons. The van der Waals surface area contributed by atoms with Crippen LogP contribution >= 0.6 is 23.5 Å². The minimum absolute atomic E-state index is 0.0617. The fraction of sp³-hybridized carbons (Fsp3) is 0.364. The number of hydrogen-bond donors (Lipinski definition) is 1. The second kappa shape index (κ2) is 6.80. The molecule has 0 radical (unpaired) electrons. The largest absolute Gasteiger partial charge is 0.324 e. The summed E-state index contributed by atoms with van der Waals surface area (Å²) in [4.78, 5) is 12.6. The first-order chi connectivity index (χ1) is 7.27. The van der Waals surface area contributed by atoms with Crippen LogP contribution in [0.3, 0.4) is 0 Å². The Morgan fingerprint density at radius 3 is 2.80 bits per heavy atom. The second-order valence-corrected chi connectivity index (χ2v) is 5.08. The molecule has 15 heavy (non-hydrogen) atoms. The third kappa shape index (κ3) is 4.18. The van der Waals surface area contributed by atoms with Gasteiger partial charge in [0.05, 0.1) is 11.4 Å². The SMILES string of the molecule is CCSc1ccccc1NC(=O)CSC. The van der Waals surface area contributed by atoms with E-state index in [1.807, 2.05) is 30.5 Å². The summed E-state index contributed by atoms with van der Waals surface area (Å²) in [5.41, 5.74) is 0.920. The van der Waals surface area contributed by atoms with Crippen LogP contribution in [0.2, 0.25) is 0 Å². The summed E-state index contributed by atoms with van der Waals surface area (Å²) in [6, 6.07) is 7.90. The summed E-state index contributed by atoms with van der Waals surface area (Å²) in [6.45, 7) is 2.10. The van der Waals surface area contributed by atoms with Gasteiger partial charge in [0.15, 0.2) is 0 Å². The molecule has 0 aliphatic heterocycles. The van der Waals surface area contributed by atoms with Gasteiger partial charge in [-0.3, -0.25) is 4.79 Å². The number of benzene rings is 1. The van der Waals surface area contributed by atoms with Gasteiger partial charge in [-0.25, -0.2) is 0 Å². The molecule has 0 spiro atoms. The Morgan fingerprint density at radius 2 is 2.13 bits per heavy atom. The van der Waals surface area contributed by atoms with Crippen molar-refractivity contribution < 1.29 is 4.79 Å². The molecule has 1 amide bonds. The number of para-hydroxylation sites is 1. The third-order valence-electron chi connectivity index (χ3n) is 1.74. The summed E-state index contributed by atoms with van der Waals surface area (Å²) >= 11 is 3.27. The standard InChI is InChI=1S/C11H15NOS2/c1-3-15-10-7-5-4-6-9(10)12-11(13)8-14-2/h4-7H,3,8H2,1-2H3,(H,12,13). The summed E-state index contributed by atoms with van der Waals surface area (Å²) < 4.78 is 0. The van der Waals surface area contributed by atoms with E-state index in [0.29, 0.717) is 5.75 Å². The number of carbonyl (C=O) groups is 1. The van der Waals surface area contributed by atoms with Crippen molar-refractivity contribution in [3.63, 3.8) is 0 Å². The molecule has 0 saturated carbocycles.